The number of anilines is 1. The average molecular weight is 320 g/mol. The summed E-state index contributed by atoms with van der Waals surface area (Å²) in [6.07, 6.45) is 1.72. The number of rotatable bonds is 2. The molecular formula is C12H10BrN5O. The quantitative estimate of drug-likeness (QED) is 0.783. The average Bonchev–Trinajstić information content (AvgIpc) is 2.76. The Morgan fingerprint density at radius 2 is 2.16 bits per heavy atom. The number of ether oxygens (including phenoxy) is 1. The maximum Gasteiger partial charge on any atom is 0.240 e. The molecule has 0 aliphatic heterocycles. The summed E-state index contributed by atoms with van der Waals surface area (Å²) >= 11 is 3.31. The smallest absolute Gasteiger partial charge is 0.240 e. The summed E-state index contributed by atoms with van der Waals surface area (Å²) < 4.78 is 7.30. The lowest BCUT2D eigenvalue weighted by molar-refractivity contribution is 0.415. The normalized spacial score (nSPS) is 10.8. The first-order chi connectivity index (χ1) is 9.19. The van der Waals surface area contributed by atoms with E-state index in [1.165, 1.54) is 0 Å². The summed E-state index contributed by atoms with van der Waals surface area (Å²) in [5.41, 5.74) is 5.59. The maximum absolute atomic E-state index is 5.59. The lowest BCUT2D eigenvalue weighted by atomic mass is 10.1. The first-order valence-corrected chi connectivity index (χ1v) is 6.29. The van der Waals surface area contributed by atoms with Gasteiger partial charge in [-0.25, -0.2) is 4.98 Å². The number of fused-ring (bicyclic) bond motifs is 1. The molecule has 0 saturated carbocycles. The Bertz CT molecular complexity index is 755. The molecule has 3 aromatic rings. The fourth-order valence-corrected chi connectivity index (χ4v) is 2.30. The highest BCUT2D eigenvalue weighted by molar-refractivity contribution is 9.10. The van der Waals surface area contributed by atoms with E-state index in [1.807, 2.05) is 24.3 Å². The van der Waals surface area contributed by atoms with Gasteiger partial charge in [0.15, 0.2) is 5.82 Å². The third-order valence-corrected chi connectivity index (χ3v) is 3.25. The van der Waals surface area contributed by atoms with Gasteiger partial charge in [0.2, 0.25) is 10.7 Å². The lowest BCUT2D eigenvalue weighted by Crippen LogP contribution is -2.01. The topological polar surface area (TPSA) is 78.8 Å². The van der Waals surface area contributed by atoms with Crippen LogP contribution in [0.25, 0.3) is 16.6 Å². The number of pyridine rings is 1. The molecule has 0 unspecified atom stereocenters. The van der Waals surface area contributed by atoms with Crippen LogP contribution in [-0.2, 0) is 0 Å². The van der Waals surface area contributed by atoms with E-state index >= 15 is 0 Å². The van der Waals surface area contributed by atoms with Crippen LogP contribution in [0, 0.1) is 0 Å². The monoisotopic (exact) mass is 319 g/mol. The summed E-state index contributed by atoms with van der Waals surface area (Å²) in [6.45, 7) is 0. The van der Waals surface area contributed by atoms with Crippen molar-refractivity contribution in [3.63, 3.8) is 0 Å². The minimum Gasteiger partial charge on any atom is -0.497 e. The molecule has 0 aliphatic carbocycles. The molecule has 0 saturated heterocycles. The summed E-state index contributed by atoms with van der Waals surface area (Å²) in [5.74, 6) is 1.59. The molecule has 1 aromatic carbocycles. The number of benzene rings is 1. The van der Waals surface area contributed by atoms with Crippen molar-refractivity contribution in [2.75, 3.05) is 12.8 Å². The van der Waals surface area contributed by atoms with Crippen LogP contribution in [0.4, 0.5) is 5.95 Å². The van der Waals surface area contributed by atoms with E-state index in [2.05, 4.69) is 31.0 Å². The van der Waals surface area contributed by atoms with Gasteiger partial charge in [-0.3, -0.25) is 0 Å². The van der Waals surface area contributed by atoms with Gasteiger partial charge >= 0.3 is 0 Å². The highest BCUT2D eigenvalue weighted by atomic mass is 79.9. The predicted octanol–water partition coefficient (Wildman–Crippen LogP) is 2.17. The standard InChI is InChI=1S/C12H10BrN5O/c1-19-8-3-2-7-4-5-15-10(9(7)6-8)18-11(13)16-12(14)17-18/h2-6H,1H3,(H2,14,17). The zero-order chi connectivity index (χ0) is 13.4. The minimum absolute atomic E-state index is 0.188. The van der Waals surface area contributed by atoms with Crippen molar-refractivity contribution in [1.82, 2.24) is 19.7 Å². The number of hydrogen-bond donors (Lipinski definition) is 1. The molecule has 6 nitrogen and oxygen atoms in total. The van der Waals surface area contributed by atoms with Crippen molar-refractivity contribution in [3.05, 3.63) is 35.2 Å². The molecule has 96 valence electrons. The summed E-state index contributed by atoms with van der Waals surface area (Å²) in [7, 11) is 1.63. The second kappa shape index (κ2) is 4.51. The van der Waals surface area contributed by atoms with Crippen LogP contribution in [0.5, 0.6) is 5.75 Å². The second-order valence-corrected chi connectivity index (χ2v) is 4.58. The number of hydrogen-bond acceptors (Lipinski definition) is 5. The zero-order valence-corrected chi connectivity index (χ0v) is 11.6. The Balaban J connectivity index is 2.31. The third-order valence-electron chi connectivity index (χ3n) is 2.74. The number of methoxy groups -OCH3 is 1. The molecule has 19 heavy (non-hydrogen) atoms. The predicted molar refractivity (Wildman–Crippen MR) is 75.3 cm³/mol. The number of nitrogen functional groups attached to an aromatic ring is 1. The first-order valence-electron chi connectivity index (χ1n) is 5.50. The van der Waals surface area contributed by atoms with E-state index in [9.17, 15) is 0 Å². The van der Waals surface area contributed by atoms with Gasteiger partial charge in [0.1, 0.15) is 5.75 Å². The van der Waals surface area contributed by atoms with Crippen LogP contribution in [0.2, 0.25) is 0 Å². The zero-order valence-electron chi connectivity index (χ0n) is 10.0. The molecule has 2 heterocycles. The van der Waals surface area contributed by atoms with Gasteiger partial charge in [0, 0.05) is 11.6 Å². The van der Waals surface area contributed by atoms with Gasteiger partial charge in [0.25, 0.3) is 0 Å². The number of nitrogens with two attached hydrogens (primary N) is 1. The fraction of sp³-hybridized carbons (Fsp3) is 0.0833. The van der Waals surface area contributed by atoms with Crippen molar-refractivity contribution in [3.8, 4) is 11.6 Å². The minimum atomic E-state index is 0.188. The molecule has 7 heteroatoms. The van der Waals surface area contributed by atoms with E-state index in [4.69, 9.17) is 10.5 Å². The van der Waals surface area contributed by atoms with Gasteiger partial charge in [-0.2, -0.15) is 9.67 Å². The largest absolute Gasteiger partial charge is 0.497 e. The van der Waals surface area contributed by atoms with Crippen molar-refractivity contribution >= 4 is 32.7 Å². The summed E-state index contributed by atoms with van der Waals surface area (Å²) in [6, 6.07) is 7.69. The molecule has 3 rings (SSSR count). The molecule has 0 fully saturated rings. The first kappa shape index (κ1) is 11.9. The van der Waals surface area contributed by atoms with Gasteiger partial charge in [-0.1, -0.05) is 6.07 Å². The lowest BCUT2D eigenvalue weighted by Gasteiger charge is -2.07. The highest BCUT2D eigenvalue weighted by Crippen LogP contribution is 2.26. The van der Waals surface area contributed by atoms with Crippen molar-refractivity contribution in [2.45, 2.75) is 0 Å². The Hall–Kier alpha value is -2.15. The van der Waals surface area contributed by atoms with Gasteiger partial charge in [-0.15, -0.1) is 5.10 Å². The van der Waals surface area contributed by atoms with E-state index in [0.29, 0.717) is 10.6 Å². The van der Waals surface area contributed by atoms with Gasteiger partial charge < -0.3 is 10.5 Å². The second-order valence-electron chi connectivity index (χ2n) is 3.87. The third kappa shape index (κ3) is 2.01. The Labute approximate surface area is 117 Å². The summed E-state index contributed by atoms with van der Waals surface area (Å²) in [5, 5.41) is 6.06. The summed E-state index contributed by atoms with van der Waals surface area (Å²) in [4.78, 5) is 8.36. The van der Waals surface area contributed by atoms with Crippen molar-refractivity contribution < 1.29 is 4.74 Å². The van der Waals surface area contributed by atoms with Crippen molar-refractivity contribution in [1.29, 1.82) is 0 Å². The molecule has 0 atom stereocenters. The van der Waals surface area contributed by atoms with Crippen LogP contribution < -0.4 is 10.5 Å². The van der Waals surface area contributed by atoms with Crippen LogP contribution in [0.15, 0.2) is 35.2 Å². The number of aromatic nitrogens is 4. The van der Waals surface area contributed by atoms with E-state index in [1.54, 1.807) is 18.0 Å². The van der Waals surface area contributed by atoms with Crippen LogP contribution >= 0.6 is 15.9 Å². The fourth-order valence-electron chi connectivity index (χ4n) is 1.87. The van der Waals surface area contributed by atoms with E-state index < -0.39 is 0 Å². The van der Waals surface area contributed by atoms with E-state index in [-0.39, 0.29) is 5.95 Å². The van der Waals surface area contributed by atoms with Gasteiger partial charge in [0.05, 0.1) is 7.11 Å². The molecule has 0 radical (unpaired) electrons. The Kier molecular flexibility index (Phi) is 2.83. The highest BCUT2D eigenvalue weighted by Gasteiger charge is 2.12. The molecule has 0 bridgehead atoms. The van der Waals surface area contributed by atoms with Crippen LogP contribution in [0.3, 0.4) is 0 Å². The number of halogens is 1. The molecule has 2 aromatic heterocycles. The molecule has 2 N–H and O–H groups in total. The SMILES string of the molecule is COc1ccc2ccnc(-n3nc(N)nc3Br)c2c1. The number of nitrogens with zero attached hydrogens (tertiary/aromatic N) is 4. The van der Waals surface area contributed by atoms with Crippen LogP contribution in [0.1, 0.15) is 0 Å². The molecule has 0 spiro atoms. The molecule has 0 amide bonds. The van der Waals surface area contributed by atoms with Crippen LogP contribution in [-0.4, -0.2) is 26.9 Å². The Morgan fingerprint density at radius 3 is 2.84 bits per heavy atom. The molecule has 0 aliphatic rings. The van der Waals surface area contributed by atoms with Gasteiger partial charge in [-0.05, 0) is 39.5 Å². The molecular weight excluding hydrogens is 310 g/mol. The van der Waals surface area contributed by atoms with E-state index in [0.717, 1.165) is 16.5 Å². The Morgan fingerprint density at radius 1 is 1.32 bits per heavy atom. The maximum atomic E-state index is 5.59. The van der Waals surface area contributed by atoms with Crippen molar-refractivity contribution in [2.24, 2.45) is 0 Å².